The van der Waals surface area contributed by atoms with Crippen LogP contribution in [0.2, 0.25) is 0 Å². The molecule has 82 valence electrons. The van der Waals surface area contributed by atoms with Crippen molar-refractivity contribution in [2.75, 3.05) is 5.73 Å². The summed E-state index contributed by atoms with van der Waals surface area (Å²) in [6, 6.07) is 3.67. The third-order valence-electron chi connectivity index (χ3n) is 2.18. The molecule has 0 aromatic carbocycles. The van der Waals surface area contributed by atoms with Crippen LogP contribution in [-0.2, 0) is 0 Å². The molecule has 0 aliphatic carbocycles. The minimum Gasteiger partial charge on any atom is -0.381 e. The Balaban J connectivity index is 2.52. The van der Waals surface area contributed by atoms with Crippen molar-refractivity contribution in [3.8, 4) is 11.5 Å². The highest BCUT2D eigenvalue weighted by molar-refractivity contribution is 5.52. The van der Waals surface area contributed by atoms with Crippen molar-refractivity contribution in [3.63, 3.8) is 0 Å². The van der Waals surface area contributed by atoms with Gasteiger partial charge >= 0.3 is 0 Å². The van der Waals surface area contributed by atoms with Gasteiger partial charge in [0.25, 0.3) is 0 Å². The molecule has 2 aromatic heterocycles. The standard InChI is InChI=1S/C11H11FN4/c1-6-3-4-8(14-5-6)11-15-7(2)9(12)10(13)16-11/h3-5H,1-2H3,(H2,13,15,16). The third-order valence-corrected chi connectivity index (χ3v) is 2.18. The Morgan fingerprint density at radius 1 is 1.19 bits per heavy atom. The highest BCUT2D eigenvalue weighted by Crippen LogP contribution is 2.17. The second kappa shape index (κ2) is 3.84. The Kier molecular flexibility index (Phi) is 2.52. The van der Waals surface area contributed by atoms with Crippen LogP contribution in [0.25, 0.3) is 11.5 Å². The van der Waals surface area contributed by atoms with E-state index in [4.69, 9.17) is 5.73 Å². The molecule has 2 aromatic rings. The number of aromatic nitrogens is 3. The van der Waals surface area contributed by atoms with Crippen molar-refractivity contribution in [1.82, 2.24) is 15.0 Å². The number of aryl methyl sites for hydroxylation is 2. The van der Waals surface area contributed by atoms with Gasteiger partial charge in [-0.1, -0.05) is 6.07 Å². The first-order valence-corrected chi connectivity index (χ1v) is 4.80. The summed E-state index contributed by atoms with van der Waals surface area (Å²) >= 11 is 0. The van der Waals surface area contributed by atoms with E-state index in [0.717, 1.165) is 5.56 Å². The molecule has 5 heteroatoms. The van der Waals surface area contributed by atoms with Gasteiger partial charge in [-0.25, -0.2) is 14.4 Å². The molecule has 2 rings (SSSR count). The maximum absolute atomic E-state index is 13.2. The van der Waals surface area contributed by atoms with E-state index in [2.05, 4.69) is 15.0 Å². The van der Waals surface area contributed by atoms with Crippen LogP contribution in [0, 0.1) is 19.7 Å². The van der Waals surface area contributed by atoms with Crippen molar-refractivity contribution in [2.24, 2.45) is 0 Å². The summed E-state index contributed by atoms with van der Waals surface area (Å²) in [7, 11) is 0. The van der Waals surface area contributed by atoms with Crippen LogP contribution in [0.5, 0.6) is 0 Å². The van der Waals surface area contributed by atoms with Crippen LogP contribution in [0.15, 0.2) is 18.3 Å². The molecule has 4 nitrogen and oxygen atoms in total. The molecule has 0 aliphatic rings. The lowest BCUT2D eigenvalue weighted by Gasteiger charge is -2.04. The Bertz CT molecular complexity index is 499. The average molecular weight is 218 g/mol. The minimum atomic E-state index is -0.573. The topological polar surface area (TPSA) is 64.7 Å². The molecule has 0 saturated heterocycles. The molecule has 0 amide bonds. The van der Waals surface area contributed by atoms with E-state index in [0.29, 0.717) is 11.5 Å². The predicted octanol–water partition coefficient (Wildman–Crippen LogP) is 1.88. The van der Waals surface area contributed by atoms with E-state index >= 15 is 0 Å². The second-order valence-electron chi connectivity index (χ2n) is 3.55. The summed E-state index contributed by atoms with van der Waals surface area (Å²) in [5.74, 6) is -0.378. The number of pyridine rings is 1. The molecule has 0 fully saturated rings. The smallest absolute Gasteiger partial charge is 0.186 e. The quantitative estimate of drug-likeness (QED) is 0.793. The fourth-order valence-electron chi connectivity index (χ4n) is 1.30. The Morgan fingerprint density at radius 3 is 2.50 bits per heavy atom. The number of rotatable bonds is 1. The number of nitrogens with zero attached hydrogens (tertiary/aromatic N) is 3. The molecule has 2 N–H and O–H groups in total. The molecule has 0 radical (unpaired) electrons. The highest BCUT2D eigenvalue weighted by atomic mass is 19.1. The zero-order valence-corrected chi connectivity index (χ0v) is 9.03. The molecule has 0 spiro atoms. The van der Waals surface area contributed by atoms with Gasteiger partial charge < -0.3 is 5.73 Å². The van der Waals surface area contributed by atoms with Crippen molar-refractivity contribution >= 4 is 5.82 Å². The third kappa shape index (κ3) is 1.84. The molecule has 0 unspecified atom stereocenters. The molecule has 0 saturated carbocycles. The SMILES string of the molecule is Cc1ccc(-c2nc(C)c(F)c(N)n2)nc1. The highest BCUT2D eigenvalue weighted by Gasteiger charge is 2.10. The lowest BCUT2D eigenvalue weighted by molar-refractivity contribution is 0.608. The maximum Gasteiger partial charge on any atom is 0.186 e. The first-order chi connectivity index (χ1) is 7.58. The number of hydrogen-bond acceptors (Lipinski definition) is 4. The van der Waals surface area contributed by atoms with Crippen LogP contribution in [0.1, 0.15) is 11.3 Å². The Labute approximate surface area is 92.4 Å². The van der Waals surface area contributed by atoms with Gasteiger partial charge in [-0.2, -0.15) is 0 Å². The van der Waals surface area contributed by atoms with Gasteiger partial charge in [-0.3, -0.25) is 4.98 Å². The van der Waals surface area contributed by atoms with Crippen LogP contribution < -0.4 is 5.73 Å². The average Bonchev–Trinajstić information content (AvgIpc) is 2.26. The predicted molar refractivity (Wildman–Crippen MR) is 59.1 cm³/mol. The summed E-state index contributed by atoms with van der Waals surface area (Å²) in [6.45, 7) is 3.48. The van der Waals surface area contributed by atoms with Crippen molar-refractivity contribution < 1.29 is 4.39 Å². The summed E-state index contributed by atoms with van der Waals surface area (Å²) in [5, 5.41) is 0. The Hall–Kier alpha value is -2.04. The lowest BCUT2D eigenvalue weighted by Crippen LogP contribution is -2.03. The number of nitrogens with two attached hydrogens (primary N) is 1. The fraction of sp³-hybridized carbons (Fsp3) is 0.182. The monoisotopic (exact) mass is 218 g/mol. The Morgan fingerprint density at radius 2 is 1.94 bits per heavy atom. The summed E-state index contributed by atoms with van der Waals surface area (Å²) in [4.78, 5) is 12.0. The van der Waals surface area contributed by atoms with Crippen molar-refractivity contribution in [3.05, 3.63) is 35.4 Å². The van der Waals surface area contributed by atoms with Crippen LogP contribution >= 0.6 is 0 Å². The van der Waals surface area contributed by atoms with Gasteiger partial charge in [0.05, 0.1) is 5.69 Å². The van der Waals surface area contributed by atoms with E-state index in [1.165, 1.54) is 0 Å². The molecule has 0 atom stereocenters. The fourth-order valence-corrected chi connectivity index (χ4v) is 1.30. The number of hydrogen-bond donors (Lipinski definition) is 1. The second-order valence-corrected chi connectivity index (χ2v) is 3.55. The van der Waals surface area contributed by atoms with Crippen molar-refractivity contribution in [1.29, 1.82) is 0 Å². The van der Waals surface area contributed by atoms with Crippen molar-refractivity contribution in [2.45, 2.75) is 13.8 Å². The van der Waals surface area contributed by atoms with E-state index in [9.17, 15) is 4.39 Å². The summed E-state index contributed by atoms with van der Waals surface area (Å²) in [6.07, 6.45) is 1.70. The van der Waals surface area contributed by atoms with Crippen LogP contribution in [-0.4, -0.2) is 15.0 Å². The first kappa shape index (κ1) is 10.5. The molecule has 2 heterocycles. The van der Waals surface area contributed by atoms with E-state index in [-0.39, 0.29) is 11.5 Å². The van der Waals surface area contributed by atoms with Gasteiger partial charge in [0.2, 0.25) is 0 Å². The zero-order chi connectivity index (χ0) is 11.7. The zero-order valence-electron chi connectivity index (χ0n) is 9.03. The van der Waals surface area contributed by atoms with E-state index < -0.39 is 5.82 Å². The van der Waals surface area contributed by atoms with E-state index in [1.807, 2.05) is 13.0 Å². The molecule has 0 aliphatic heterocycles. The maximum atomic E-state index is 13.2. The lowest BCUT2D eigenvalue weighted by atomic mass is 10.2. The minimum absolute atomic E-state index is 0.148. The largest absolute Gasteiger partial charge is 0.381 e. The normalized spacial score (nSPS) is 10.4. The molecule has 16 heavy (non-hydrogen) atoms. The number of nitrogen functional groups attached to an aromatic ring is 1. The summed E-state index contributed by atoms with van der Waals surface area (Å²) in [5.41, 5.74) is 7.28. The molecular formula is C11H11FN4. The van der Waals surface area contributed by atoms with Gasteiger partial charge in [0.1, 0.15) is 5.69 Å². The number of halogens is 1. The van der Waals surface area contributed by atoms with Gasteiger partial charge in [-0.15, -0.1) is 0 Å². The molecule has 0 bridgehead atoms. The van der Waals surface area contributed by atoms with Gasteiger partial charge in [-0.05, 0) is 25.5 Å². The number of anilines is 1. The van der Waals surface area contributed by atoms with E-state index in [1.54, 1.807) is 19.2 Å². The first-order valence-electron chi connectivity index (χ1n) is 4.80. The molecular weight excluding hydrogens is 207 g/mol. The van der Waals surface area contributed by atoms with Gasteiger partial charge in [0.15, 0.2) is 17.5 Å². The summed E-state index contributed by atoms with van der Waals surface area (Å²) < 4.78 is 13.2. The van der Waals surface area contributed by atoms with Crippen LogP contribution in [0.3, 0.4) is 0 Å². The van der Waals surface area contributed by atoms with Crippen LogP contribution in [0.4, 0.5) is 10.2 Å². The van der Waals surface area contributed by atoms with Gasteiger partial charge in [0, 0.05) is 6.20 Å².